The van der Waals surface area contributed by atoms with Crippen LogP contribution in [-0.4, -0.2) is 28.5 Å². The summed E-state index contributed by atoms with van der Waals surface area (Å²) < 4.78 is 3.26. The van der Waals surface area contributed by atoms with Crippen molar-refractivity contribution in [3.8, 4) is 11.8 Å². The fraction of sp³-hybridized carbons (Fsp3) is 0.208. The van der Waals surface area contributed by atoms with Crippen LogP contribution in [0.2, 0.25) is 0 Å². The monoisotopic (exact) mass is 493 g/mol. The summed E-state index contributed by atoms with van der Waals surface area (Å²) in [6.45, 7) is 3.19. The minimum atomic E-state index is -0.308. The van der Waals surface area contributed by atoms with Crippen molar-refractivity contribution >= 4 is 44.8 Å². The molecule has 0 spiro atoms. The number of carbonyl (C=O) groups excluding carboxylic acids is 1. The van der Waals surface area contributed by atoms with Crippen LogP contribution in [0.15, 0.2) is 57.8 Å². The van der Waals surface area contributed by atoms with E-state index in [1.54, 1.807) is 11.0 Å². The van der Waals surface area contributed by atoms with Crippen LogP contribution in [0.1, 0.15) is 24.0 Å². The molecule has 0 saturated carbocycles. The second-order valence-corrected chi connectivity index (χ2v) is 9.33. The first-order valence-corrected chi connectivity index (χ1v) is 11.6. The van der Waals surface area contributed by atoms with E-state index in [0.717, 1.165) is 28.4 Å². The molecule has 1 aromatic heterocycles. The maximum atomic E-state index is 13.5. The Bertz CT molecular complexity index is 1370. The zero-order chi connectivity index (χ0) is 22.0. The molecule has 4 rings (SSSR count). The normalized spacial score (nSPS) is 15.1. The molecular weight excluding hydrogens is 474 g/mol. The third-order valence-electron chi connectivity index (χ3n) is 5.26. The molecule has 2 heterocycles. The average molecular weight is 494 g/mol. The molecule has 1 fully saturated rings. The first kappa shape index (κ1) is 21.3. The largest absolute Gasteiger partial charge is 0.338 e. The van der Waals surface area contributed by atoms with E-state index < -0.39 is 0 Å². The number of hydrogen-bond donors (Lipinski definition) is 0. The highest BCUT2D eigenvalue weighted by Crippen LogP contribution is 2.15. The van der Waals surface area contributed by atoms with Crippen molar-refractivity contribution in [3.63, 3.8) is 0 Å². The Morgan fingerprint density at radius 3 is 2.58 bits per heavy atom. The van der Waals surface area contributed by atoms with Gasteiger partial charge in [-0.05, 0) is 55.2 Å². The number of amides is 1. The van der Waals surface area contributed by atoms with E-state index in [9.17, 15) is 14.9 Å². The summed E-state index contributed by atoms with van der Waals surface area (Å²) in [5.41, 5.74) is 2.20. The quantitative estimate of drug-likeness (QED) is 0.562. The van der Waals surface area contributed by atoms with Crippen LogP contribution in [-0.2, 0) is 4.79 Å². The highest BCUT2D eigenvalue weighted by atomic mass is 79.9. The number of halogens is 1. The van der Waals surface area contributed by atoms with Gasteiger partial charge in [0.2, 0.25) is 0 Å². The first-order chi connectivity index (χ1) is 15.0. The molecule has 0 radical (unpaired) electrons. The number of rotatable bonds is 3. The van der Waals surface area contributed by atoms with Gasteiger partial charge in [0.05, 0.1) is 10.2 Å². The molecule has 1 amide bonds. The van der Waals surface area contributed by atoms with E-state index in [2.05, 4.69) is 22.0 Å². The van der Waals surface area contributed by atoms with Gasteiger partial charge in [0.1, 0.15) is 10.7 Å². The number of nitrogens with zero attached hydrogens (tertiary/aromatic N) is 3. The van der Waals surface area contributed by atoms with Gasteiger partial charge < -0.3 is 4.90 Å². The van der Waals surface area contributed by atoms with E-state index in [4.69, 9.17) is 0 Å². The molecule has 2 aromatic carbocycles. The van der Waals surface area contributed by atoms with Gasteiger partial charge in [-0.3, -0.25) is 14.2 Å². The van der Waals surface area contributed by atoms with Gasteiger partial charge in [0.15, 0.2) is 5.57 Å². The molecule has 7 heteroatoms. The van der Waals surface area contributed by atoms with Gasteiger partial charge >= 0.3 is 0 Å². The van der Waals surface area contributed by atoms with Gasteiger partial charge in [0.25, 0.3) is 11.5 Å². The highest BCUT2D eigenvalue weighted by Gasteiger charge is 2.24. The highest BCUT2D eigenvalue weighted by molar-refractivity contribution is 9.10. The molecule has 0 aliphatic carbocycles. The minimum Gasteiger partial charge on any atom is -0.338 e. The number of aromatic nitrogens is 1. The molecule has 0 N–H and O–H groups in total. The third kappa shape index (κ3) is 4.27. The van der Waals surface area contributed by atoms with Crippen molar-refractivity contribution in [2.75, 3.05) is 13.1 Å². The summed E-state index contributed by atoms with van der Waals surface area (Å²) in [6.07, 6.45) is 3.66. The second-order valence-electron chi connectivity index (χ2n) is 7.38. The third-order valence-corrected chi connectivity index (χ3v) is 6.84. The van der Waals surface area contributed by atoms with Gasteiger partial charge in [-0.15, -0.1) is 11.3 Å². The van der Waals surface area contributed by atoms with Gasteiger partial charge in [-0.1, -0.05) is 46.3 Å². The number of benzene rings is 2. The molecule has 0 bridgehead atoms. The SMILES string of the molecule is Cc1ccccc1-n1c(=C(C#N)C(=O)N2CCCC2)sc(=Cc2cccc(Br)c2)c1=O. The van der Waals surface area contributed by atoms with E-state index in [1.807, 2.05) is 55.5 Å². The van der Waals surface area contributed by atoms with E-state index in [0.29, 0.717) is 28.0 Å². The number of hydrogen-bond acceptors (Lipinski definition) is 4. The lowest BCUT2D eigenvalue weighted by Crippen LogP contribution is -2.35. The predicted octanol–water partition coefficient (Wildman–Crippen LogP) is 3.10. The summed E-state index contributed by atoms with van der Waals surface area (Å²) in [5, 5.41) is 9.92. The Hall–Kier alpha value is -2.95. The summed E-state index contributed by atoms with van der Waals surface area (Å²) in [5.74, 6) is -0.308. The maximum absolute atomic E-state index is 13.5. The standard InChI is InChI=1S/C24H20BrN3O2S/c1-16-7-2-3-10-20(16)28-23(30)21(14-17-8-6-9-18(25)13-17)31-24(28)19(15-26)22(29)27-11-4-5-12-27/h2-3,6-10,13-14H,4-5,11-12H2,1H3. The second kappa shape index (κ2) is 9.04. The molecule has 156 valence electrons. The van der Waals surface area contributed by atoms with E-state index in [-0.39, 0.29) is 17.0 Å². The minimum absolute atomic E-state index is 0.0149. The van der Waals surface area contributed by atoms with Crippen molar-refractivity contribution in [1.82, 2.24) is 9.47 Å². The average Bonchev–Trinajstić information content (AvgIpc) is 3.39. The lowest BCUT2D eigenvalue weighted by molar-refractivity contribution is -0.123. The maximum Gasteiger partial charge on any atom is 0.273 e. The zero-order valence-electron chi connectivity index (χ0n) is 17.0. The van der Waals surface area contributed by atoms with Crippen LogP contribution in [0.25, 0.3) is 17.3 Å². The molecule has 1 aliphatic heterocycles. The van der Waals surface area contributed by atoms with Gasteiger partial charge in [0, 0.05) is 17.6 Å². The number of aryl methyl sites for hydroxylation is 1. The Morgan fingerprint density at radius 1 is 1.16 bits per heavy atom. The van der Waals surface area contributed by atoms with Crippen LogP contribution in [0, 0.1) is 18.3 Å². The number of likely N-dealkylation sites (tertiary alicyclic amines) is 1. The van der Waals surface area contributed by atoms with E-state index >= 15 is 0 Å². The Balaban J connectivity index is 2.04. The van der Waals surface area contributed by atoms with Crippen LogP contribution >= 0.6 is 27.3 Å². The predicted molar refractivity (Wildman–Crippen MR) is 126 cm³/mol. The number of para-hydroxylation sites is 1. The van der Waals surface area contributed by atoms with Crippen molar-refractivity contribution in [1.29, 1.82) is 5.26 Å². The fourth-order valence-corrected chi connectivity index (χ4v) is 5.20. The van der Waals surface area contributed by atoms with Crippen LogP contribution in [0.5, 0.6) is 0 Å². The Kier molecular flexibility index (Phi) is 6.21. The van der Waals surface area contributed by atoms with E-state index in [1.165, 1.54) is 15.9 Å². The summed E-state index contributed by atoms with van der Waals surface area (Å²) in [7, 11) is 0. The first-order valence-electron chi connectivity index (χ1n) is 9.98. The van der Waals surface area contributed by atoms with Gasteiger partial charge in [-0.2, -0.15) is 5.26 Å². The Labute approximate surface area is 192 Å². The summed E-state index contributed by atoms with van der Waals surface area (Å²) in [6, 6.07) is 17.2. The number of carbonyl (C=O) groups is 1. The molecule has 5 nitrogen and oxygen atoms in total. The molecule has 1 aliphatic rings. The molecule has 3 aromatic rings. The number of nitriles is 1. The lowest BCUT2D eigenvalue weighted by Gasteiger charge is -2.14. The van der Waals surface area contributed by atoms with Crippen molar-refractivity contribution < 1.29 is 4.79 Å². The van der Waals surface area contributed by atoms with Crippen molar-refractivity contribution in [2.24, 2.45) is 0 Å². The van der Waals surface area contributed by atoms with Crippen LogP contribution in [0.3, 0.4) is 0 Å². The lowest BCUT2D eigenvalue weighted by atomic mass is 10.2. The van der Waals surface area contributed by atoms with Crippen molar-refractivity contribution in [3.05, 3.63) is 83.7 Å². The number of thiazole rings is 1. The van der Waals surface area contributed by atoms with Crippen LogP contribution < -0.4 is 14.8 Å². The summed E-state index contributed by atoms with van der Waals surface area (Å²) in [4.78, 5) is 28.3. The molecule has 0 atom stereocenters. The zero-order valence-corrected chi connectivity index (χ0v) is 19.4. The fourth-order valence-electron chi connectivity index (χ4n) is 3.70. The molecule has 0 unspecified atom stereocenters. The molecule has 31 heavy (non-hydrogen) atoms. The topological polar surface area (TPSA) is 66.1 Å². The molecular formula is C24H20BrN3O2S. The van der Waals surface area contributed by atoms with Crippen LogP contribution in [0.4, 0.5) is 0 Å². The van der Waals surface area contributed by atoms with Gasteiger partial charge in [-0.25, -0.2) is 0 Å². The van der Waals surface area contributed by atoms with Crippen molar-refractivity contribution in [2.45, 2.75) is 19.8 Å². The smallest absolute Gasteiger partial charge is 0.273 e. The summed E-state index contributed by atoms with van der Waals surface area (Å²) >= 11 is 4.64. The Morgan fingerprint density at radius 2 is 1.90 bits per heavy atom. The molecule has 1 saturated heterocycles.